The van der Waals surface area contributed by atoms with Gasteiger partial charge in [0.1, 0.15) is 16.3 Å². The Bertz CT molecular complexity index is 1200. The Morgan fingerprint density at radius 3 is 2.52 bits per heavy atom. The smallest absolute Gasteiger partial charge is 0.341 e. The maximum Gasteiger partial charge on any atom is 0.341 e. The van der Waals surface area contributed by atoms with E-state index in [2.05, 4.69) is 5.32 Å². The van der Waals surface area contributed by atoms with Gasteiger partial charge in [-0.3, -0.25) is 14.9 Å². The number of rotatable bonds is 8. The van der Waals surface area contributed by atoms with Gasteiger partial charge in [0.2, 0.25) is 0 Å². The molecule has 33 heavy (non-hydrogen) atoms. The standard InChI is InChI=1S/C23H21ClN2O6S/c1-4-31-23(28)20-18(15-6-5-7-16(10-15)26(29)30)12-33-22(20)25-19(27)11-32-17-8-13(2)21(24)14(3)9-17/h5-10,12H,4,11H2,1-3H3,(H,25,27). The van der Waals surface area contributed by atoms with Crippen molar-refractivity contribution in [3.8, 4) is 16.9 Å². The summed E-state index contributed by atoms with van der Waals surface area (Å²) in [5, 5.41) is 16.4. The van der Waals surface area contributed by atoms with Crippen molar-refractivity contribution < 1.29 is 24.0 Å². The van der Waals surface area contributed by atoms with E-state index in [1.807, 2.05) is 13.8 Å². The molecule has 1 amide bonds. The van der Waals surface area contributed by atoms with Crippen molar-refractivity contribution in [2.45, 2.75) is 20.8 Å². The van der Waals surface area contributed by atoms with Crippen LogP contribution in [-0.2, 0) is 9.53 Å². The number of benzene rings is 2. The number of carbonyl (C=O) groups excluding carboxylic acids is 2. The summed E-state index contributed by atoms with van der Waals surface area (Å²) in [4.78, 5) is 35.8. The van der Waals surface area contributed by atoms with Crippen LogP contribution in [0.15, 0.2) is 41.8 Å². The lowest BCUT2D eigenvalue weighted by atomic mass is 10.0. The Balaban J connectivity index is 1.84. The zero-order chi connectivity index (χ0) is 24.1. The highest BCUT2D eigenvalue weighted by Crippen LogP contribution is 2.37. The van der Waals surface area contributed by atoms with Crippen molar-refractivity contribution in [1.29, 1.82) is 0 Å². The predicted octanol–water partition coefficient (Wildman–Crippen LogP) is 5.79. The van der Waals surface area contributed by atoms with E-state index in [1.54, 1.807) is 30.5 Å². The molecule has 0 aliphatic carbocycles. The molecule has 1 N–H and O–H groups in total. The van der Waals surface area contributed by atoms with Gasteiger partial charge in [0.15, 0.2) is 6.61 Å². The lowest BCUT2D eigenvalue weighted by Crippen LogP contribution is -2.21. The van der Waals surface area contributed by atoms with Gasteiger partial charge >= 0.3 is 5.97 Å². The Morgan fingerprint density at radius 1 is 1.18 bits per heavy atom. The lowest BCUT2D eigenvalue weighted by molar-refractivity contribution is -0.384. The van der Waals surface area contributed by atoms with Crippen molar-refractivity contribution in [3.05, 3.63) is 73.6 Å². The number of hydrogen-bond acceptors (Lipinski definition) is 7. The molecule has 2 aromatic carbocycles. The number of nitrogens with one attached hydrogen (secondary N) is 1. The number of esters is 1. The average Bonchev–Trinajstić information content (AvgIpc) is 3.19. The number of ether oxygens (including phenoxy) is 2. The van der Waals surface area contributed by atoms with E-state index in [9.17, 15) is 19.7 Å². The SMILES string of the molecule is CCOC(=O)c1c(-c2cccc([N+](=O)[O-])c2)csc1NC(=O)COc1cc(C)c(Cl)c(C)c1. The second kappa shape index (κ2) is 10.5. The van der Waals surface area contributed by atoms with Crippen molar-refractivity contribution in [1.82, 2.24) is 0 Å². The highest BCUT2D eigenvalue weighted by molar-refractivity contribution is 7.15. The summed E-state index contributed by atoms with van der Waals surface area (Å²) in [6, 6.07) is 9.38. The Labute approximate surface area is 199 Å². The van der Waals surface area contributed by atoms with Crippen LogP contribution in [-0.4, -0.2) is 30.0 Å². The zero-order valence-electron chi connectivity index (χ0n) is 18.1. The molecule has 3 aromatic rings. The van der Waals surface area contributed by atoms with E-state index in [1.165, 1.54) is 18.2 Å². The molecule has 0 saturated heterocycles. The van der Waals surface area contributed by atoms with Gasteiger partial charge in [0.05, 0.1) is 11.5 Å². The molecule has 172 valence electrons. The quantitative estimate of drug-likeness (QED) is 0.244. The Kier molecular flexibility index (Phi) is 7.67. The Hall–Kier alpha value is -3.43. The summed E-state index contributed by atoms with van der Waals surface area (Å²) >= 11 is 7.28. The molecule has 8 nitrogen and oxygen atoms in total. The van der Waals surface area contributed by atoms with E-state index in [0.29, 0.717) is 21.9 Å². The van der Waals surface area contributed by atoms with Crippen LogP contribution >= 0.6 is 22.9 Å². The third-order valence-electron chi connectivity index (χ3n) is 4.67. The summed E-state index contributed by atoms with van der Waals surface area (Å²) in [7, 11) is 0. The number of hydrogen-bond donors (Lipinski definition) is 1. The molecular weight excluding hydrogens is 468 g/mol. The second-order valence-corrected chi connectivity index (χ2v) is 8.35. The summed E-state index contributed by atoms with van der Waals surface area (Å²) in [5.74, 6) is -0.614. The first-order valence-electron chi connectivity index (χ1n) is 9.94. The maximum atomic E-state index is 12.7. The van der Waals surface area contributed by atoms with Crippen molar-refractivity contribution in [2.24, 2.45) is 0 Å². The first-order chi connectivity index (χ1) is 15.7. The van der Waals surface area contributed by atoms with E-state index in [-0.39, 0.29) is 29.5 Å². The van der Waals surface area contributed by atoms with Crippen molar-refractivity contribution in [3.63, 3.8) is 0 Å². The van der Waals surface area contributed by atoms with Gasteiger partial charge in [-0.15, -0.1) is 11.3 Å². The Morgan fingerprint density at radius 2 is 1.88 bits per heavy atom. The number of nitro benzene ring substituents is 1. The maximum absolute atomic E-state index is 12.7. The number of anilines is 1. The molecule has 0 aliphatic rings. The first-order valence-corrected chi connectivity index (χ1v) is 11.2. The van der Waals surface area contributed by atoms with Gasteiger partial charge in [-0.25, -0.2) is 4.79 Å². The topological polar surface area (TPSA) is 108 Å². The number of carbonyl (C=O) groups is 2. The fourth-order valence-electron chi connectivity index (χ4n) is 3.16. The van der Waals surface area contributed by atoms with E-state index >= 15 is 0 Å². The molecule has 0 saturated carbocycles. The van der Waals surface area contributed by atoms with Gasteiger partial charge in [-0.1, -0.05) is 23.7 Å². The number of nitrogens with zero attached hydrogens (tertiary/aromatic N) is 1. The highest BCUT2D eigenvalue weighted by Gasteiger charge is 2.24. The monoisotopic (exact) mass is 488 g/mol. The van der Waals surface area contributed by atoms with Gasteiger partial charge in [0, 0.05) is 28.1 Å². The van der Waals surface area contributed by atoms with E-state index < -0.39 is 16.8 Å². The van der Waals surface area contributed by atoms with Crippen LogP contribution in [0.5, 0.6) is 5.75 Å². The molecule has 0 radical (unpaired) electrons. The summed E-state index contributed by atoms with van der Waals surface area (Å²) in [6.07, 6.45) is 0. The first kappa shape index (κ1) is 24.2. The molecule has 0 unspecified atom stereocenters. The third kappa shape index (κ3) is 5.68. The van der Waals surface area contributed by atoms with Crippen LogP contribution in [0.3, 0.4) is 0 Å². The lowest BCUT2D eigenvalue weighted by Gasteiger charge is -2.11. The van der Waals surface area contributed by atoms with Crippen molar-refractivity contribution >= 4 is 45.5 Å². The minimum atomic E-state index is -0.638. The summed E-state index contributed by atoms with van der Waals surface area (Å²) < 4.78 is 10.7. The highest BCUT2D eigenvalue weighted by atomic mass is 35.5. The molecule has 1 aromatic heterocycles. The number of aryl methyl sites for hydroxylation is 2. The van der Waals surface area contributed by atoms with Crippen LogP contribution < -0.4 is 10.1 Å². The molecule has 0 bridgehead atoms. The molecule has 0 atom stereocenters. The second-order valence-electron chi connectivity index (χ2n) is 7.09. The van der Waals surface area contributed by atoms with Crippen LogP contribution in [0.1, 0.15) is 28.4 Å². The van der Waals surface area contributed by atoms with Crippen molar-refractivity contribution in [2.75, 3.05) is 18.5 Å². The van der Waals surface area contributed by atoms with Crippen LogP contribution in [0.2, 0.25) is 5.02 Å². The number of nitro groups is 1. The van der Waals surface area contributed by atoms with Crippen LogP contribution in [0.25, 0.3) is 11.1 Å². The largest absolute Gasteiger partial charge is 0.484 e. The van der Waals surface area contributed by atoms with Gasteiger partial charge in [0.25, 0.3) is 11.6 Å². The molecule has 1 heterocycles. The fourth-order valence-corrected chi connectivity index (χ4v) is 4.24. The normalized spacial score (nSPS) is 10.5. The number of non-ortho nitro benzene ring substituents is 1. The van der Waals surface area contributed by atoms with Crippen LogP contribution in [0, 0.1) is 24.0 Å². The van der Waals surface area contributed by atoms with E-state index in [4.69, 9.17) is 21.1 Å². The molecule has 10 heteroatoms. The van der Waals surface area contributed by atoms with Gasteiger partial charge in [-0.05, 0) is 49.6 Å². The summed E-state index contributed by atoms with van der Waals surface area (Å²) in [5.41, 5.74) is 2.58. The van der Waals surface area contributed by atoms with Gasteiger partial charge in [-0.2, -0.15) is 0 Å². The number of halogens is 1. The van der Waals surface area contributed by atoms with E-state index in [0.717, 1.165) is 22.5 Å². The number of thiophene rings is 1. The zero-order valence-corrected chi connectivity index (χ0v) is 19.7. The summed E-state index contributed by atoms with van der Waals surface area (Å²) in [6.45, 7) is 5.20. The minimum Gasteiger partial charge on any atom is -0.484 e. The molecule has 0 aliphatic heterocycles. The minimum absolute atomic E-state index is 0.110. The van der Waals surface area contributed by atoms with Crippen LogP contribution in [0.4, 0.5) is 10.7 Å². The fraction of sp³-hybridized carbons (Fsp3) is 0.217. The molecular formula is C23H21ClN2O6S. The molecule has 0 fully saturated rings. The average molecular weight is 489 g/mol. The third-order valence-corrected chi connectivity index (χ3v) is 6.16. The molecule has 0 spiro atoms. The van der Waals surface area contributed by atoms with Gasteiger partial charge < -0.3 is 14.8 Å². The molecule has 3 rings (SSSR count). The number of amides is 1. The predicted molar refractivity (Wildman–Crippen MR) is 127 cm³/mol.